The summed E-state index contributed by atoms with van der Waals surface area (Å²) in [4.78, 5) is 41.4. The molecule has 0 aromatic heterocycles. The fourth-order valence-electron chi connectivity index (χ4n) is 2.34. The van der Waals surface area contributed by atoms with Gasteiger partial charge in [0.25, 0.3) is 0 Å². The quantitative estimate of drug-likeness (QED) is 0.619. The molecule has 0 radical (unpaired) electrons. The molecule has 0 spiro atoms. The first-order valence-electron chi connectivity index (χ1n) is 8.05. The summed E-state index contributed by atoms with van der Waals surface area (Å²) in [6.07, 6.45) is 0.0778. The van der Waals surface area contributed by atoms with Crippen LogP contribution in [0.25, 0.3) is 0 Å². The van der Waals surface area contributed by atoms with Crippen LogP contribution in [0.5, 0.6) is 5.75 Å². The minimum atomic E-state index is -0.453. The third-order valence-corrected chi connectivity index (χ3v) is 4.61. The number of hydrogen-bond acceptors (Lipinski definition) is 6. The number of aliphatic imine (C=N–C) groups is 1. The van der Waals surface area contributed by atoms with Gasteiger partial charge in [0.05, 0.1) is 0 Å². The Kier molecular flexibility index (Phi) is 6.58. The van der Waals surface area contributed by atoms with Crippen molar-refractivity contribution in [2.75, 3.05) is 18.4 Å². The predicted octanol–water partition coefficient (Wildman–Crippen LogP) is 2.28. The monoisotopic (exact) mass is 363 g/mol. The molecular weight excluding hydrogens is 342 g/mol. The van der Waals surface area contributed by atoms with Crippen LogP contribution in [0.1, 0.15) is 27.2 Å². The number of thioether (sulfide) groups is 1. The number of hydrogen-bond donors (Lipinski definition) is 1. The highest BCUT2D eigenvalue weighted by Crippen LogP contribution is 2.29. The van der Waals surface area contributed by atoms with Crippen LogP contribution in [-0.4, -0.2) is 46.2 Å². The van der Waals surface area contributed by atoms with Gasteiger partial charge in [-0.2, -0.15) is 0 Å². The average Bonchev–Trinajstić information content (AvgIpc) is 2.84. The van der Waals surface area contributed by atoms with Gasteiger partial charge in [0.2, 0.25) is 11.8 Å². The van der Waals surface area contributed by atoms with E-state index in [4.69, 9.17) is 4.74 Å². The van der Waals surface area contributed by atoms with E-state index in [1.54, 1.807) is 29.2 Å². The molecule has 0 aliphatic carbocycles. The Morgan fingerprint density at radius 2 is 1.96 bits per heavy atom. The van der Waals surface area contributed by atoms with Crippen molar-refractivity contribution in [2.24, 2.45) is 4.99 Å². The van der Waals surface area contributed by atoms with E-state index in [0.29, 0.717) is 29.7 Å². The van der Waals surface area contributed by atoms with Crippen LogP contribution in [0.3, 0.4) is 0 Å². The van der Waals surface area contributed by atoms with E-state index in [1.807, 2.05) is 13.8 Å². The Bertz CT molecular complexity index is 688. The largest absolute Gasteiger partial charge is 0.427 e. The lowest BCUT2D eigenvalue weighted by Crippen LogP contribution is -2.33. The fourth-order valence-corrected chi connectivity index (χ4v) is 3.61. The topological polar surface area (TPSA) is 88.1 Å². The number of nitrogens with one attached hydrogen (secondary N) is 1. The van der Waals surface area contributed by atoms with Crippen molar-refractivity contribution in [3.05, 3.63) is 24.3 Å². The third-order valence-electron chi connectivity index (χ3n) is 3.40. The Labute approximate surface area is 150 Å². The van der Waals surface area contributed by atoms with Crippen LogP contribution in [0.15, 0.2) is 29.3 Å². The first kappa shape index (κ1) is 19.0. The molecule has 1 aliphatic rings. The highest BCUT2D eigenvalue weighted by Gasteiger charge is 2.37. The number of nitrogens with zero attached hydrogens (tertiary/aromatic N) is 2. The van der Waals surface area contributed by atoms with Crippen LogP contribution >= 0.6 is 11.8 Å². The van der Waals surface area contributed by atoms with Crippen molar-refractivity contribution in [3.8, 4) is 5.75 Å². The van der Waals surface area contributed by atoms with E-state index in [9.17, 15) is 14.4 Å². The highest BCUT2D eigenvalue weighted by molar-refractivity contribution is 8.15. The minimum absolute atomic E-state index is 0.0778. The van der Waals surface area contributed by atoms with Crippen molar-refractivity contribution < 1.29 is 19.1 Å². The number of ether oxygens (including phenoxy) is 1. The lowest BCUT2D eigenvalue weighted by atomic mass is 10.2. The number of carbonyl (C=O) groups is 3. The normalized spacial score (nSPS) is 18.5. The summed E-state index contributed by atoms with van der Waals surface area (Å²) in [5.74, 6) is -0.329. The maximum Gasteiger partial charge on any atom is 0.308 e. The van der Waals surface area contributed by atoms with Gasteiger partial charge in [-0.1, -0.05) is 11.8 Å². The van der Waals surface area contributed by atoms with Crippen LogP contribution < -0.4 is 10.1 Å². The number of amides is 2. The predicted molar refractivity (Wildman–Crippen MR) is 97.7 cm³/mol. The average molecular weight is 363 g/mol. The molecule has 1 aromatic rings. The van der Waals surface area contributed by atoms with E-state index in [-0.39, 0.29) is 18.2 Å². The number of anilines is 1. The van der Waals surface area contributed by atoms with Gasteiger partial charge < -0.3 is 10.1 Å². The van der Waals surface area contributed by atoms with Crippen LogP contribution in [0.4, 0.5) is 5.69 Å². The van der Waals surface area contributed by atoms with E-state index < -0.39 is 11.2 Å². The standard InChI is InChI=1S/C17H21N3O4S/c1-4-18-17-20(5-2)16(23)14(25-17)10-15(22)19-12-6-8-13(9-7-12)24-11(3)21/h6-9,14H,4-5,10H2,1-3H3,(H,19,22). The van der Waals surface area contributed by atoms with Crippen molar-refractivity contribution in [3.63, 3.8) is 0 Å². The molecule has 8 heteroatoms. The summed E-state index contributed by atoms with van der Waals surface area (Å²) in [5, 5.41) is 2.97. The minimum Gasteiger partial charge on any atom is -0.427 e. The molecule has 0 bridgehead atoms. The summed E-state index contributed by atoms with van der Waals surface area (Å²) in [7, 11) is 0. The molecular formula is C17H21N3O4S. The summed E-state index contributed by atoms with van der Waals surface area (Å²) in [5.41, 5.74) is 0.575. The molecule has 1 atom stereocenters. The molecule has 1 saturated heterocycles. The van der Waals surface area contributed by atoms with Crippen LogP contribution in [0, 0.1) is 0 Å². The van der Waals surface area contributed by atoms with Gasteiger partial charge in [-0.05, 0) is 38.1 Å². The molecule has 2 amide bonds. The molecule has 0 saturated carbocycles. The fraction of sp³-hybridized carbons (Fsp3) is 0.412. The molecule has 1 unspecified atom stereocenters. The van der Waals surface area contributed by atoms with Gasteiger partial charge in [0.15, 0.2) is 5.17 Å². The van der Waals surface area contributed by atoms with E-state index in [2.05, 4.69) is 10.3 Å². The zero-order chi connectivity index (χ0) is 18.4. The lowest BCUT2D eigenvalue weighted by Gasteiger charge is -2.13. The van der Waals surface area contributed by atoms with Crippen molar-refractivity contribution in [1.82, 2.24) is 4.90 Å². The second-order valence-corrected chi connectivity index (χ2v) is 6.49. The second kappa shape index (κ2) is 8.66. The maximum atomic E-state index is 12.4. The first-order chi connectivity index (χ1) is 11.9. The van der Waals surface area contributed by atoms with E-state index in [0.717, 1.165) is 0 Å². The van der Waals surface area contributed by atoms with Gasteiger partial charge in [0.1, 0.15) is 11.0 Å². The Morgan fingerprint density at radius 1 is 1.28 bits per heavy atom. The highest BCUT2D eigenvalue weighted by atomic mass is 32.2. The summed E-state index contributed by atoms with van der Waals surface area (Å²) < 4.78 is 4.94. The van der Waals surface area contributed by atoms with Gasteiger partial charge in [-0.3, -0.25) is 24.3 Å². The van der Waals surface area contributed by atoms with Gasteiger partial charge in [-0.25, -0.2) is 0 Å². The second-order valence-electron chi connectivity index (χ2n) is 5.32. The van der Waals surface area contributed by atoms with Gasteiger partial charge in [0, 0.05) is 32.1 Å². The SMILES string of the molecule is CCN=C1SC(CC(=O)Nc2ccc(OC(C)=O)cc2)C(=O)N1CC. The molecule has 134 valence electrons. The summed E-state index contributed by atoms with van der Waals surface area (Å²) in [6.45, 7) is 6.25. The van der Waals surface area contributed by atoms with E-state index in [1.165, 1.54) is 18.7 Å². The number of carbonyl (C=O) groups excluding carboxylic acids is 3. The third kappa shape index (κ3) is 5.06. The molecule has 1 N–H and O–H groups in total. The number of benzene rings is 1. The molecule has 2 rings (SSSR count). The Balaban J connectivity index is 1.95. The molecule has 25 heavy (non-hydrogen) atoms. The summed E-state index contributed by atoms with van der Waals surface area (Å²) in [6, 6.07) is 6.47. The number of amidine groups is 1. The number of rotatable bonds is 6. The zero-order valence-electron chi connectivity index (χ0n) is 14.4. The van der Waals surface area contributed by atoms with Crippen LogP contribution in [-0.2, 0) is 14.4 Å². The molecule has 1 heterocycles. The zero-order valence-corrected chi connectivity index (χ0v) is 15.3. The van der Waals surface area contributed by atoms with Gasteiger partial charge in [-0.15, -0.1) is 0 Å². The molecule has 1 fully saturated rings. The Morgan fingerprint density at radius 3 is 2.52 bits per heavy atom. The van der Waals surface area contributed by atoms with Gasteiger partial charge >= 0.3 is 5.97 Å². The molecule has 1 aliphatic heterocycles. The van der Waals surface area contributed by atoms with Crippen LogP contribution in [0.2, 0.25) is 0 Å². The van der Waals surface area contributed by atoms with Crippen molar-refractivity contribution in [1.29, 1.82) is 0 Å². The van der Waals surface area contributed by atoms with Crippen molar-refractivity contribution in [2.45, 2.75) is 32.4 Å². The summed E-state index contributed by atoms with van der Waals surface area (Å²) >= 11 is 1.33. The molecule has 7 nitrogen and oxygen atoms in total. The Hall–Kier alpha value is -2.35. The number of esters is 1. The smallest absolute Gasteiger partial charge is 0.308 e. The molecule has 1 aromatic carbocycles. The maximum absolute atomic E-state index is 12.4. The first-order valence-corrected chi connectivity index (χ1v) is 8.93. The van der Waals surface area contributed by atoms with E-state index >= 15 is 0 Å². The lowest BCUT2D eigenvalue weighted by molar-refractivity contribution is -0.132. The van der Waals surface area contributed by atoms with Crippen molar-refractivity contribution >= 4 is 40.4 Å².